The number of hydrogen-bond acceptors (Lipinski definition) is 7. The number of nitrogens with zero attached hydrogens (tertiary/aromatic N) is 2. The van der Waals surface area contributed by atoms with Crippen LogP contribution in [0, 0.1) is 5.82 Å². The lowest BCUT2D eigenvalue weighted by Gasteiger charge is -2.14. The summed E-state index contributed by atoms with van der Waals surface area (Å²) in [5, 5.41) is 0. The number of esters is 1. The van der Waals surface area contributed by atoms with Crippen molar-refractivity contribution in [2.45, 2.75) is 19.9 Å². The molecule has 9 nitrogen and oxygen atoms in total. The number of anilines is 1. The Hall–Kier alpha value is -3.43. The zero-order chi connectivity index (χ0) is 20.8. The maximum absolute atomic E-state index is 12.8. The molecule has 1 heterocycles. The van der Waals surface area contributed by atoms with Crippen LogP contribution < -0.4 is 21.7 Å². The first kappa shape index (κ1) is 20.9. The third kappa shape index (κ3) is 4.64. The van der Waals surface area contributed by atoms with Crippen LogP contribution in [0.5, 0.6) is 5.75 Å². The quantitative estimate of drug-likeness (QED) is 0.511. The number of benzene rings is 1. The third-order valence-corrected chi connectivity index (χ3v) is 3.84. The minimum atomic E-state index is -0.866. The molecule has 1 aromatic carbocycles. The number of carbonyl (C=O) groups excluding carboxylic acids is 2. The van der Waals surface area contributed by atoms with E-state index in [2.05, 4.69) is 0 Å². The molecule has 2 rings (SSSR count). The molecule has 0 radical (unpaired) electrons. The van der Waals surface area contributed by atoms with Gasteiger partial charge in [-0.2, -0.15) is 0 Å². The smallest absolute Gasteiger partial charge is 0.344 e. The number of halogens is 1. The van der Waals surface area contributed by atoms with Gasteiger partial charge >= 0.3 is 11.7 Å². The normalized spacial score (nSPS) is 10.5. The van der Waals surface area contributed by atoms with Crippen LogP contribution in [-0.4, -0.2) is 34.1 Å². The standard InChI is InChI=1S/C18H20FN3O6/c1-3-8-22-16(20)15(17(25)21(2)18(22)26)13(23)9-28-14(24)10-27-12-6-4-11(19)5-7-12/h4-7H,3,8-10,20H2,1-2H3. The summed E-state index contributed by atoms with van der Waals surface area (Å²) in [5.74, 6) is -2.18. The van der Waals surface area contributed by atoms with Gasteiger partial charge in [0.25, 0.3) is 5.56 Å². The van der Waals surface area contributed by atoms with E-state index in [-0.39, 0.29) is 18.1 Å². The minimum Gasteiger partial charge on any atom is -0.482 e. The first-order chi connectivity index (χ1) is 13.3. The molecule has 0 amide bonds. The summed E-state index contributed by atoms with van der Waals surface area (Å²) in [6, 6.07) is 4.98. The van der Waals surface area contributed by atoms with Crippen molar-refractivity contribution in [3.05, 3.63) is 56.5 Å². The number of ketones is 1. The molecule has 0 aliphatic heterocycles. The molecule has 28 heavy (non-hydrogen) atoms. The summed E-state index contributed by atoms with van der Waals surface area (Å²) in [7, 11) is 1.23. The van der Waals surface area contributed by atoms with Gasteiger partial charge in [-0.05, 0) is 30.7 Å². The maximum atomic E-state index is 12.8. The van der Waals surface area contributed by atoms with Crippen LogP contribution in [0.1, 0.15) is 23.7 Å². The van der Waals surface area contributed by atoms with E-state index < -0.39 is 47.6 Å². The van der Waals surface area contributed by atoms with E-state index in [1.165, 1.54) is 19.2 Å². The highest BCUT2D eigenvalue weighted by molar-refractivity contribution is 6.01. The molecular formula is C18H20FN3O6. The van der Waals surface area contributed by atoms with Crippen LogP contribution in [0.15, 0.2) is 33.9 Å². The SMILES string of the molecule is CCCn1c(N)c(C(=O)COC(=O)COc2ccc(F)cc2)c(=O)n(C)c1=O. The van der Waals surface area contributed by atoms with E-state index in [1.807, 2.05) is 0 Å². The molecule has 0 fully saturated rings. The fraction of sp³-hybridized carbons (Fsp3) is 0.333. The van der Waals surface area contributed by atoms with Gasteiger partial charge in [0, 0.05) is 13.6 Å². The molecule has 1 aromatic heterocycles. The maximum Gasteiger partial charge on any atom is 0.344 e. The molecule has 0 spiro atoms. The summed E-state index contributed by atoms with van der Waals surface area (Å²) in [6.45, 7) is 0.781. The van der Waals surface area contributed by atoms with Crippen molar-refractivity contribution in [3.8, 4) is 5.75 Å². The second-order valence-electron chi connectivity index (χ2n) is 5.89. The Kier molecular flexibility index (Phi) is 6.69. The van der Waals surface area contributed by atoms with Crippen molar-refractivity contribution < 1.29 is 23.5 Å². The topological polar surface area (TPSA) is 123 Å². The highest BCUT2D eigenvalue weighted by atomic mass is 19.1. The first-order valence-corrected chi connectivity index (χ1v) is 8.42. The van der Waals surface area contributed by atoms with Crippen LogP contribution in [0.2, 0.25) is 0 Å². The average molecular weight is 393 g/mol. The molecule has 10 heteroatoms. The van der Waals surface area contributed by atoms with Crippen molar-refractivity contribution in [1.29, 1.82) is 0 Å². The van der Waals surface area contributed by atoms with Crippen LogP contribution in [-0.2, 0) is 23.1 Å². The van der Waals surface area contributed by atoms with E-state index in [0.717, 1.165) is 21.3 Å². The molecule has 0 aliphatic rings. The zero-order valence-electron chi connectivity index (χ0n) is 15.4. The van der Waals surface area contributed by atoms with Gasteiger partial charge in [-0.25, -0.2) is 14.0 Å². The summed E-state index contributed by atoms with van der Waals surface area (Å²) in [5.41, 5.74) is 3.92. The predicted octanol–water partition coefficient (Wildman–Crippen LogP) is 0.483. The lowest BCUT2D eigenvalue weighted by Crippen LogP contribution is -2.43. The molecule has 150 valence electrons. The molecule has 0 bridgehead atoms. The van der Waals surface area contributed by atoms with Crippen LogP contribution >= 0.6 is 0 Å². The molecule has 0 aliphatic carbocycles. The summed E-state index contributed by atoms with van der Waals surface area (Å²) in [6.07, 6.45) is 0.561. The van der Waals surface area contributed by atoms with E-state index in [1.54, 1.807) is 6.92 Å². The Balaban J connectivity index is 2.06. The van der Waals surface area contributed by atoms with Gasteiger partial charge in [-0.3, -0.25) is 18.7 Å². The number of nitrogens with two attached hydrogens (primary N) is 1. The van der Waals surface area contributed by atoms with E-state index in [9.17, 15) is 23.6 Å². The average Bonchev–Trinajstić information content (AvgIpc) is 2.67. The second-order valence-corrected chi connectivity index (χ2v) is 5.89. The number of nitrogen functional groups attached to an aromatic ring is 1. The Morgan fingerprint density at radius 1 is 1.14 bits per heavy atom. The Labute approximate surface area is 159 Å². The largest absolute Gasteiger partial charge is 0.482 e. The van der Waals surface area contributed by atoms with Gasteiger partial charge in [-0.1, -0.05) is 6.92 Å². The summed E-state index contributed by atoms with van der Waals surface area (Å²) in [4.78, 5) is 48.4. The number of rotatable bonds is 8. The predicted molar refractivity (Wildman–Crippen MR) is 97.8 cm³/mol. The van der Waals surface area contributed by atoms with Crippen LogP contribution in [0.4, 0.5) is 10.2 Å². The molecule has 0 saturated carbocycles. The van der Waals surface area contributed by atoms with Gasteiger partial charge in [0.05, 0.1) is 0 Å². The lowest BCUT2D eigenvalue weighted by atomic mass is 10.2. The van der Waals surface area contributed by atoms with Crippen molar-refractivity contribution in [2.75, 3.05) is 18.9 Å². The van der Waals surface area contributed by atoms with Crippen molar-refractivity contribution in [3.63, 3.8) is 0 Å². The van der Waals surface area contributed by atoms with Gasteiger partial charge in [-0.15, -0.1) is 0 Å². The number of aromatic nitrogens is 2. The fourth-order valence-electron chi connectivity index (χ4n) is 2.42. The number of Topliss-reactive ketones (excluding diaryl/α,β-unsaturated/α-hetero) is 1. The van der Waals surface area contributed by atoms with Crippen molar-refractivity contribution in [1.82, 2.24) is 9.13 Å². The molecule has 0 unspecified atom stereocenters. The summed E-state index contributed by atoms with van der Waals surface area (Å²) < 4.78 is 24.6. The van der Waals surface area contributed by atoms with E-state index in [0.29, 0.717) is 6.42 Å². The molecule has 0 saturated heterocycles. The fourth-order valence-corrected chi connectivity index (χ4v) is 2.42. The van der Waals surface area contributed by atoms with Crippen molar-refractivity contribution >= 4 is 17.6 Å². The van der Waals surface area contributed by atoms with Gasteiger partial charge in [0.15, 0.2) is 13.2 Å². The highest BCUT2D eigenvalue weighted by Gasteiger charge is 2.22. The monoisotopic (exact) mass is 393 g/mol. The summed E-state index contributed by atoms with van der Waals surface area (Å²) >= 11 is 0. The van der Waals surface area contributed by atoms with Crippen LogP contribution in [0.3, 0.4) is 0 Å². The first-order valence-electron chi connectivity index (χ1n) is 8.42. The van der Waals surface area contributed by atoms with Crippen molar-refractivity contribution in [2.24, 2.45) is 7.05 Å². The number of ether oxygens (including phenoxy) is 2. The number of hydrogen-bond donors (Lipinski definition) is 1. The van der Waals surface area contributed by atoms with Gasteiger partial charge < -0.3 is 15.2 Å². The second kappa shape index (κ2) is 8.98. The molecule has 2 aromatic rings. The Morgan fingerprint density at radius 3 is 2.39 bits per heavy atom. The zero-order valence-corrected chi connectivity index (χ0v) is 15.4. The Morgan fingerprint density at radius 2 is 1.79 bits per heavy atom. The van der Waals surface area contributed by atoms with E-state index >= 15 is 0 Å². The van der Waals surface area contributed by atoms with Gasteiger partial charge in [0.2, 0.25) is 5.78 Å². The van der Waals surface area contributed by atoms with Crippen LogP contribution in [0.25, 0.3) is 0 Å². The molecule has 2 N–H and O–H groups in total. The lowest BCUT2D eigenvalue weighted by molar-refractivity contribution is -0.144. The minimum absolute atomic E-state index is 0.227. The number of carbonyl (C=O) groups is 2. The Bertz CT molecular complexity index is 994. The third-order valence-electron chi connectivity index (χ3n) is 3.84. The highest BCUT2D eigenvalue weighted by Crippen LogP contribution is 2.11. The van der Waals surface area contributed by atoms with Gasteiger partial charge in [0.1, 0.15) is 22.9 Å². The molecule has 0 atom stereocenters. The molecular weight excluding hydrogens is 373 g/mol. The van der Waals surface area contributed by atoms with E-state index in [4.69, 9.17) is 15.2 Å².